The van der Waals surface area contributed by atoms with Crippen molar-refractivity contribution < 1.29 is 27.5 Å². The predicted molar refractivity (Wildman–Crippen MR) is 109 cm³/mol. The number of rotatable bonds is 6. The van der Waals surface area contributed by atoms with Gasteiger partial charge < -0.3 is 9.47 Å². The zero-order valence-corrected chi connectivity index (χ0v) is 17.8. The summed E-state index contributed by atoms with van der Waals surface area (Å²) in [4.78, 5) is 26.3. The number of esters is 1. The summed E-state index contributed by atoms with van der Waals surface area (Å²) in [6, 6.07) is 11.5. The lowest BCUT2D eigenvalue weighted by atomic mass is 10.0. The fraction of sp³-hybridized carbons (Fsp3) is 0.400. The van der Waals surface area contributed by atoms with Crippen LogP contribution in [0.15, 0.2) is 52.1 Å². The molecule has 2 aliphatic rings. The van der Waals surface area contributed by atoms with Gasteiger partial charge in [-0.25, -0.2) is 18.0 Å². The Hall–Kier alpha value is -2.43. The number of benzene rings is 1. The first-order valence-electron chi connectivity index (χ1n) is 9.66. The number of sulfonamides is 1. The highest BCUT2D eigenvalue weighted by Gasteiger charge is 2.45. The van der Waals surface area contributed by atoms with Crippen molar-refractivity contribution >= 4 is 33.4 Å². The molecule has 1 aromatic carbocycles. The van der Waals surface area contributed by atoms with Crippen LogP contribution in [0, 0.1) is 0 Å². The number of hydrogen-bond acceptors (Lipinski definition) is 7. The summed E-state index contributed by atoms with van der Waals surface area (Å²) in [5.41, 5.74) is 0.856. The van der Waals surface area contributed by atoms with Gasteiger partial charge in [0.05, 0.1) is 0 Å². The SMILES string of the molecule is O=C(OCc1ccccc1)C1COC(=O)N1C1CCN(S(=O)(=O)c2cccs2)CC1. The van der Waals surface area contributed by atoms with Crippen LogP contribution in [-0.4, -0.2) is 61.5 Å². The summed E-state index contributed by atoms with van der Waals surface area (Å²) in [6.45, 7) is 0.622. The standard InChI is InChI=1S/C20H22N2O6S2/c23-19(27-13-15-5-2-1-3-6-15)17-14-28-20(24)22(17)16-8-10-21(11-9-16)30(25,26)18-7-4-12-29-18/h1-7,12,16-17H,8-11,13-14H2. The molecule has 0 N–H and O–H groups in total. The molecular weight excluding hydrogens is 428 g/mol. The lowest BCUT2D eigenvalue weighted by Crippen LogP contribution is -2.51. The minimum Gasteiger partial charge on any atom is -0.459 e. The van der Waals surface area contributed by atoms with Gasteiger partial charge in [-0.15, -0.1) is 11.3 Å². The first kappa shape index (κ1) is 20.8. The van der Waals surface area contributed by atoms with Crippen molar-refractivity contribution in [1.82, 2.24) is 9.21 Å². The summed E-state index contributed by atoms with van der Waals surface area (Å²) in [6.07, 6.45) is 0.306. The third kappa shape index (κ3) is 4.21. The Balaban J connectivity index is 1.38. The van der Waals surface area contributed by atoms with Gasteiger partial charge >= 0.3 is 12.1 Å². The molecule has 1 amide bonds. The van der Waals surface area contributed by atoms with Crippen molar-refractivity contribution in [3.05, 3.63) is 53.4 Å². The van der Waals surface area contributed by atoms with Gasteiger partial charge in [-0.05, 0) is 29.9 Å². The van der Waals surface area contributed by atoms with Crippen LogP contribution in [0.4, 0.5) is 4.79 Å². The normalized spacial score (nSPS) is 20.9. The first-order valence-corrected chi connectivity index (χ1v) is 12.0. The fourth-order valence-corrected chi connectivity index (χ4v) is 6.35. The number of ether oxygens (including phenoxy) is 2. The average Bonchev–Trinajstić information content (AvgIpc) is 3.43. The average molecular weight is 451 g/mol. The van der Waals surface area contributed by atoms with E-state index in [-0.39, 0.29) is 32.3 Å². The molecule has 1 aromatic heterocycles. The molecule has 0 radical (unpaired) electrons. The quantitative estimate of drug-likeness (QED) is 0.628. The predicted octanol–water partition coefficient (Wildman–Crippen LogP) is 2.47. The first-order chi connectivity index (χ1) is 14.5. The van der Waals surface area contributed by atoms with Crippen LogP contribution >= 0.6 is 11.3 Å². The second-order valence-electron chi connectivity index (χ2n) is 7.16. The molecule has 1 atom stereocenters. The van der Waals surface area contributed by atoms with Crippen LogP contribution in [0.2, 0.25) is 0 Å². The van der Waals surface area contributed by atoms with Gasteiger partial charge in [0.25, 0.3) is 10.0 Å². The fourth-order valence-electron chi connectivity index (χ4n) is 3.74. The van der Waals surface area contributed by atoms with E-state index in [1.165, 1.54) is 20.5 Å². The van der Waals surface area contributed by atoms with Crippen LogP contribution in [0.3, 0.4) is 0 Å². The molecule has 2 aliphatic heterocycles. The molecular formula is C20H22N2O6S2. The summed E-state index contributed by atoms with van der Waals surface area (Å²) < 4.78 is 37.6. The Kier molecular flexibility index (Phi) is 6.07. The number of hydrogen-bond donors (Lipinski definition) is 0. The third-order valence-electron chi connectivity index (χ3n) is 5.31. The number of carbonyl (C=O) groups is 2. The van der Waals surface area contributed by atoms with Crippen LogP contribution in [-0.2, 0) is 30.9 Å². The van der Waals surface area contributed by atoms with Gasteiger partial charge in [0.1, 0.15) is 17.4 Å². The maximum Gasteiger partial charge on any atom is 0.410 e. The highest BCUT2D eigenvalue weighted by Crippen LogP contribution is 2.29. The maximum atomic E-state index is 12.7. The van der Waals surface area contributed by atoms with E-state index in [9.17, 15) is 18.0 Å². The van der Waals surface area contributed by atoms with E-state index in [0.29, 0.717) is 17.1 Å². The van der Waals surface area contributed by atoms with Crippen molar-refractivity contribution in [2.45, 2.75) is 35.7 Å². The topological polar surface area (TPSA) is 93.2 Å². The summed E-state index contributed by atoms with van der Waals surface area (Å²) in [7, 11) is -3.52. The van der Waals surface area contributed by atoms with Gasteiger partial charge in [0.2, 0.25) is 0 Å². The molecule has 4 rings (SSSR count). The number of nitrogens with zero attached hydrogens (tertiary/aromatic N) is 2. The van der Waals surface area contributed by atoms with Crippen molar-refractivity contribution in [2.24, 2.45) is 0 Å². The Bertz CT molecular complexity index is 986. The van der Waals surface area contributed by atoms with E-state index in [1.807, 2.05) is 30.3 Å². The Morgan fingerprint density at radius 1 is 1.13 bits per heavy atom. The molecule has 2 fully saturated rings. The van der Waals surface area contributed by atoms with Gasteiger partial charge in [0.15, 0.2) is 6.04 Å². The lowest BCUT2D eigenvalue weighted by molar-refractivity contribution is -0.150. The molecule has 160 valence electrons. The highest BCUT2D eigenvalue weighted by molar-refractivity contribution is 7.91. The lowest BCUT2D eigenvalue weighted by Gasteiger charge is -2.36. The zero-order valence-electron chi connectivity index (χ0n) is 16.2. The molecule has 8 nitrogen and oxygen atoms in total. The van der Waals surface area contributed by atoms with Gasteiger partial charge in [-0.3, -0.25) is 4.90 Å². The van der Waals surface area contributed by atoms with Crippen molar-refractivity contribution in [3.63, 3.8) is 0 Å². The third-order valence-corrected chi connectivity index (χ3v) is 8.59. The highest BCUT2D eigenvalue weighted by atomic mass is 32.2. The van der Waals surface area contributed by atoms with Crippen molar-refractivity contribution in [1.29, 1.82) is 0 Å². The minimum absolute atomic E-state index is 0.0554. The van der Waals surface area contributed by atoms with E-state index in [2.05, 4.69) is 0 Å². The van der Waals surface area contributed by atoms with E-state index >= 15 is 0 Å². The molecule has 30 heavy (non-hydrogen) atoms. The molecule has 2 aromatic rings. The smallest absolute Gasteiger partial charge is 0.410 e. The van der Waals surface area contributed by atoms with Gasteiger partial charge in [-0.2, -0.15) is 4.31 Å². The van der Waals surface area contributed by atoms with Crippen molar-refractivity contribution in [3.8, 4) is 0 Å². The van der Waals surface area contributed by atoms with Gasteiger partial charge in [0, 0.05) is 19.1 Å². The number of thiophene rings is 1. The minimum atomic E-state index is -3.52. The number of piperidine rings is 1. The van der Waals surface area contributed by atoms with Crippen molar-refractivity contribution in [2.75, 3.05) is 19.7 Å². The van der Waals surface area contributed by atoms with Crippen LogP contribution < -0.4 is 0 Å². The molecule has 10 heteroatoms. The van der Waals surface area contributed by atoms with Crippen LogP contribution in [0.25, 0.3) is 0 Å². The molecule has 0 saturated carbocycles. The monoisotopic (exact) mass is 450 g/mol. The van der Waals surface area contributed by atoms with E-state index in [0.717, 1.165) is 5.56 Å². The molecule has 0 spiro atoms. The maximum absolute atomic E-state index is 12.7. The Morgan fingerprint density at radius 3 is 2.53 bits per heavy atom. The van der Waals surface area contributed by atoms with Crippen LogP contribution in [0.1, 0.15) is 18.4 Å². The van der Waals surface area contributed by atoms with E-state index in [4.69, 9.17) is 9.47 Å². The zero-order chi connectivity index (χ0) is 21.1. The summed E-state index contributed by atoms with van der Waals surface area (Å²) in [5, 5.41) is 1.73. The summed E-state index contributed by atoms with van der Waals surface area (Å²) in [5.74, 6) is -0.515. The van der Waals surface area contributed by atoms with Crippen LogP contribution in [0.5, 0.6) is 0 Å². The second kappa shape index (κ2) is 8.75. The number of cyclic esters (lactones) is 1. The number of amides is 1. The molecule has 0 aliphatic carbocycles. The second-order valence-corrected chi connectivity index (χ2v) is 10.3. The van der Waals surface area contributed by atoms with Gasteiger partial charge in [-0.1, -0.05) is 36.4 Å². The summed E-state index contributed by atoms with van der Waals surface area (Å²) >= 11 is 1.18. The molecule has 3 heterocycles. The Labute approximate surface area is 179 Å². The number of carbonyl (C=O) groups excluding carboxylic acids is 2. The Morgan fingerprint density at radius 2 is 1.87 bits per heavy atom. The molecule has 0 bridgehead atoms. The van der Waals surface area contributed by atoms with E-state index < -0.39 is 28.1 Å². The molecule has 2 saturated heterocycles. The van der Waals surface area contributed by atoms with E-state index in [1.54, 1.807) is 17.5 Å². The largest absolute Gasteiger partial charge is 0.459 e. The molecule has 1 unspecified atom stereocenters.